The average Bonchev–Trinajstić information content (AvgIpc) is 3.06. The van der Waals surface area contributed by atoms with Gasteiger partial charge in [-0.25, -0.2) is 0 Å². The van der Waals surface area contributed by atoms with E-state index in [-0.39, 0.29) is 5.91 Å². The van der Waals surface area contributed by atoms with E-state index >= 15 is 0 Å². The van der Waals surface area contributed by atoms with Gasteiger partial charge in [0.2, 0.25) is 17.7 Å². The first-order valence-corrected chi connectivity index (χ1v) is 8.28. The quantitative estimate of drug-likeness (QED) is 0.757. The Morgan fingerprint density at radius 1 is 1.00 bits per heavy atom. The van der Waals surface area contributed by atoms with Gasteiger partial charge in [-0.05, 0) is 56.2 Å². The van der Waals surface area contributed by atoms with E-state index in [9.17, 15) is 4.79 Å². The van der Waals surface area contributed by atoms with Crippen molar-refractivity contribution in [2.75, 3.05) is 5.32 Å². The Bertz CT molecular complexity index is 882. The number of carbonyl (C=O) groups excluding carboxylic acids is 1. The van der Waals surface area contributed by atoms with Gasteiger partial charge in [-0.1, -0.05) is 23.8 Å². The first-order valence-electron chi connectivity index (χ1n) is 8.28. The number of hydrogen-bond donors (Lipinski definition) is 1. The molecule has 25 heavy (non-hydrogen) atoms. The van der Waals surface area contributed by atoms with E-state index in [4.69, 9.17) is 4.42 Å². The smallest absolute Gasteiger partial charge is 0.247 e. The van der Waals surface area contributed by atoms with Crippen molar-refractivity contribution in [2.24, 2.45) is 0 Å². The van der Waals surface area contributed by atoms with Crippen LogP contribution in [0.2, 0.25) is 0 Å². The molecule has 0 fully saturated rings. The van der Waals surface area contributed by atoms with Crippen molar-refractivity contribution in [3.8, 4) is 11.5 Å². The van der Waals surface area contributed by atoms with E-state index in [0.29, 0.717) is 24.6 Å². The SMILES string of the molecule is Cc1ccc(-c2nnc(CCC(=O)Nc3ccc(C)c(C)c3)o2)cc1. The van der Waals surface area contributed by atoms with Crippen LogP contribution >= 0.6 is 0 Å². The minimum atomic E-state index is -0.0710. The number of anilines is 1. The van der Waals surface area contributed by atoms with Crippen LogP contribution in [0, 0.1) is 20.8 Å². The number of rotatable bonds is 5. The van der Waals surface area contributed by atoms with Crippen LogP contribution in [0.4, 0.5) is 5.69 Å². The van der Waals surface area contributed by atoms with Crippen molar-refractivity contribution in [2.45, 2.75) is 33.6 Å². The monoisotopic (exact) mass is 335 g/mol. The van der Waals surface area contributed by atoms with Gasteiger partial charge in [-0.15, -0.1) is 10.2 Å². The van der Waals surface area contributed by atoms with Crippen LogP contribution in [-0.2, 0) is 11.2 Å². The zero-order valence-corrected chi connectivity index (χ0v) is 14.7. The molecule has 5 heteroatoms. The first-order chi connectivity index (χ1) is 12.0. The average molecular weight is 335 g/mol. The minimum absolute atomic E-state index is 0.0710. The lowest BCUT2D eigenvalue weighted by molar-refractivity contribution is -0.116. The molecule has 0 saturated heterocycles. The van der Waals surface area contributed by atoms with Crippen LogP contribution in [0.15, 0.2) is 46.9 Å². The van der Waals surface area contributed by atoms with E-state index in [2.05, 4.69) is 15.5 Å². The maximum Gasteiger partial charge on any atom is 0.247 e. The van der Waals surface area contributed by atoms with Crippen LogP contribution in [0.3, 0.4) is 0 Å². The predicted octanol–water partition coefficient (Wildman–Crippen LogP) is 4.23. The molecule has 0 unspecified atom stereocenters. The second-order valence-electron chi connectivity index (χ2n) is 6.21. The summed E-state index contributed by atoms with van der Waals surface area (Å²) in [6.45, 7) is 6.09. The lowest BCUT2D eigenvalue weighted by atomic mass is 10.1. The Morgan fingerprint density at radius 3 is 2.48 bits per heavy atom. The molecule has 5 nitrogen and oxygen atoms in total. The molecule has 0 aliphatic rings. The summed E-state index contributed by atoms with van der Waals surface area (Å²) in [7, 11) is 0. The number of carbonyl (C=O) groups is 1. The topological polar surface area (TPSA) is 68.0 Å². The molecular weight excluding hydrogens is 314 g/mol. The van der Waals surface area contributed by atoms with Crippen molar-refractivity contribution in [3.05, 3.63) is 65.0 Å². The van der Waals surface area contributed by atoms with Gasteiger partial charge < -0.3 is 9.73 Å². The van der Waals surface area contributed by atoms with Crippen LogP contribution < -0.4 is 5.32 Å². The van der Waals surface area contributed by atoms with E-state index in [1.807, 2.05) is 63.2 Å². The molecule has 0 bridgehead atoms. The van der Waals surface area contributed by atoms with E-state index in [0.717, 1.165) is 16.8 Å². The zero-order chi connectivity index (χ0) is 17.8. The number of nitrogens with one attached hydrogen (secondary N) is 1. The highest BCUT2D eigenvalue weighted by molar-refractivity contribution is 5.90. The Balaban J connectivity index is 1.57. The highest BCUT2D eigenvalue weighted by Crippen LogP contribution is 2.19. The maximum atomic E-state index is 12.1. The molecule has 1 heterocycles. The van der Waals surface area contributed by atoms with Crippen LogP contribution in [-0.4, -0.2) is 16.1 Å². The Labute approximate surface area is 147 Å². The first kappa shape index (κ1) is 16.9. The normalized spacial score (nSPS) is 10.7. The van der Waals surface area contributed by atoms with Gasteiger partial charge in [0.25, 0.3) is 0 Å². The van der Waals surface area contributed by atoms with E-state index in [1.165, 1.54) is 11.1 Å². The lowest BCUT2D eigenvalue weighted by Crippen LogP contribution is -2.12. The van der Waals surface area contributed by atoms with Gasteiger partial charge in [0.15, 0.2) is 0 Å². The van der Waals surface area contributed by atoms with Crippen LogP contribution in [0.25, 0.3) is 11.5 Å². The predicted molar refractivity (Wildman–Crippen MR) is 97.3 cm³/mol. The number of amides is 1. The summed E-state index contributed by atoms with van der Waals surface area (Å²) in [5.41, 5.74) is 5.21. The maximum absolute atomic E-state index is 12.1. The minimum Gasteiger partial charge on any atom is -0.421 e. The third-order valence-corrected chi connectivity index (χ3v) is 4.12. The van der Waals surface area contributed by atoms with E-state index < -0.39 is 0 Å². The summed E-state index contributed by atoms with van der Waals surface area (Å²) in [6.07, 6.45) is 0.706. The Kier molecular flexibility index (Phi) is 4.93. The number of benzene rings is 2. The fraction of sp³-hybridized carbons (Fsp3) is 0.250. The van der Waals surface area contributed by atoms with Gasteiger partial charge in [-0.2, -0.15) is 0 Å². The molecule has 0 saturated carbocycles. The largest absolute Gasteiger partial charge is 0.421 e. The molecule has 2 aromatic carbocycles. The standard InChI is InChI=1S/C20H21N3O2/c1-13-4-7-16(8-5-13)20-23-22-19(25-20)11-10-18(24)21-17-9-6-14(2)15(3)12-17/h4-9,12H,10-11H2,1-3H3,(H,21,24). The summed E-state index contributed by atoms with van der Waals surface area (Å²) >= 11 is 0. The third kappa shape index (κ3) is 4.32. The number of hydrogen-bond acceptors (Lipinski definition) is 4. The molecular formula is C20H21N3O2. The molecule has 128 valence electrons. The Morgan fingerprint density at radius 2 is 1.76 bits per heavy atom. The fourth-order valence-corrected chi connectivity index (χ4v) is 2.43. The van der Waals surface area contributed by atoms with Crippen molar-refractivity contribution < 1.29 is 9.21 Å². The second kappa shape index (κ2) is 7.30. The van der Waals surface area contributed by atoms with E-state index in [1.54, 1.807) is 0 Å². The van der Waals surface area contributed by atoms with Crippen molar-refractivity contribution >= 4 is 11.6 Å². The van der Waals surface area contributed by atoms with Gasteiger partial charge in [0.05, 0.1) is 0 Å². The highest BCUT2D eigenvalue weighted by atomic mass is 16.4. The second-order valence-corrected chi connectivity index (χ2v) is 6.21. The summed E-state index contributed by atoms with van der Waals surface area (Å²) in [5, 5.41) is 11.0. The molecule has 0 atom stereocenters. The molecule has 3 aromatic rings. The number of nitrogens with zero attached hydrogens (tertiary/aromatic N) is 2. The van der Waals surface area contributed by atoms with Crippen LogP contribution in [0.1, 0.15) is 29.0 Å². The number of aryl methyl sites for hydroxylation is 4. The van der Waals surface area contributed by atoms with Crippen molar-refractivity contribution in [1.82, 2.24) is 10.2 Å². The number of aromatic nitrogens is 2. The summed E-state index contributed by atoms with van der Waals surface area (Å²) in [4.78, 5) is 12.1. The zero-order valence-electron chi connectivity index (χ0n) is 14.7. The van der Waals surface area contributed by atoms with Crippen molar-refractivity contribution in [1.29, 1.82) is 0 Å². The van der Waals surface area contributed by atoms with Crippen molar-refractivity contribution in [3.63, 3.8) is 0 Å². The highest BCUT2D eigenvalue weighted by Gasteiger charge is 2.11. The molecule has 1 aromatic heterocycles. The Hall–Kier alpha value is -2.95. The summed E-state index contributed by atoms with van der Waals surface area (Å²) < 4.78 is 5.64. The molecule has 0 radical (unpaired) electrons. The van der Waals surface area contributed by atoms with Gasteiger partial charge in [0, 0.05) is 24.1 Å². The summed E-state index contributed by atoms with van der Waals surface area (Å²) in [5.74, 6) is 0.869. The van der Waals surface area contributed by atoms with Gasteiger partial charge in [0.1, 0.15) is 0 Å². The lowest BCUT2D eigenvalue weighted by Gasteiger charge is -2.07. The molecule has 0 aliphatic carbocycles. The summed E-state index contributed by atoms with van der Waals surface area (Å²) in [6, 6.07) is 13.7. The van der Waals surface area contributed by atoms with Gasteiger partial charge in [-0.3, -0.25) is 4.79 Å². The molecule has 1 N–H and O–H groups in total. The molecule has 0 spiro atoms. The fourth-order valence-electron chi connectivity index (χ4n) is 2.43. The van der Waals surface area contributed by atoms with Gasteiger partial charge >= 0.3 is 0 Å². The van der Waals surface area contributed by atoms with Crippen LogP contribution in [0.5, 0.6) is 0 Å². The molecule has 3 rings (SSSR count). The third-order valence-electron chi connectivity index (χ3n) is 4.12. The molecule has 0 aliphatic heterocycles. The molecule has 1 amide bonds.